The van der Waals surface area contributed by atoms with Gasteiger partial charge >= 0.3 is 5.97 Å². The Morgan fingerprint density at radius 3 is 2.50 bits per heavy atom. The van der Waals surface area contributed by atoms with E-state index < -0.39 is 12.6 Å². The van der Waals surface area contributed by atoms with E-state index in [4.69, 9.17) is 19.5 Å². The number of carbonyl (C=O) groups excluding carboxylic acids is 2. The first-order valence-electron chi connectivity index (χ1n) is 10.7. The number of hydrogen-bond acceptors (Lipinski definition) is 6. The van der Waals surface area contributed by atoms with E-state index in [2.05, 4.69) is 6.07 Å². The maximum Gasteiger partial charge on any atom is 0.338 e. The van der Waals surface area contributed by atoms with Gasteiger partial charge in [0.05, 0.1) is 24.2 Å². The van der Waals surface area contributed by atoms with Gasteiger partial charge in [-0.05, 0) is 74.2 Å². The molecule has 32 heavy (non-hydrogen) atoms. The highest BCUT2D eigenvalue weighted by atomic mass is 16.5. The van der Waals surface area contributed by atoms with E-state index in [0.29, 0.717) is 23.6 Å². The van der Waals surface area contributed by atoms with Gasteiger partial charge in [0, 0.05) is 18.8 Å². The third-order valence-corrected chi connectivity index (χ3v) is 5.14. The van der Waals surface area contributed by atoms with Crippen molar-refractivity contribution < 1.29 is 23.8 Å². The van der Waals surface area contributed by atoms with Crippen LogP contribution in [-0.2, 0) is 14.3 Å². The van der Waals surface area contributed by atoms with Crippen molar-refractivity contribution in [2.24, 2.45) is 0 Å². The van der Waals surface area contributed by atoms with E-state index in [-0.39, 0.29) is 25.0 Å². The second-order valence-electron chi connectivity index (χ2n) is 7.85. The number of nitriles is 1. The van der Waals surface area contributed by atoms with Crippen LogP contribution in [0.4, 0.5) is 5.69 Å². The topological polar surface area (TPSA) is 88.9 Å². The minimum Gasteiger partial charge on any atom is -0.491 e. The van der Waals surface area contributed by atoms with Gasteiger partial charge in [-0.15, -0.1) is 0 Å². The Balaban J connectivity index is 1.56. The summed E-state index contributed by atoms with van der Waals surface area (Å²) in [5.41, 5.74) is 3.03. The van der Waals surface area contributed by atoms with Gasteiger partial charge in [-0.2, -0.15) is 5.26 Å². The van der Waals surface area contributed by atoms with E-state index in [1.807, 2.05) is 32.0 Å². The van der Waals surface area contributed by atoms with Crippen molar-refractivity contribution in [1.29, 1.82) is 5.26 Å². The predicted octanol–water partition coefficient (Wildman–Crippen LogP) is 3.96. The first-order valence-corrected chi connectivity index (χ1v) is 10.7. The van der Waals surface area contributed by atoms with Crippen LogP contribution in [-0.4, -0.2) is 44.3 Å². The number of ether oxygens (including phenoxy) is 3. The fourth-order valence-corrected chi connectivity index (χ4v) is 3.61. The molecule has 0 aliphatic carbocycles. The van der Waals surface area contributed by atoms with Crippen LogP contribution in [0.25, 0.3) is 0 Å². The lowest BCUT2D eigenvalue weighted by molar-refractivity contribution is -0.121. The molecule has 3 rings (SSSR count). The van der Waals surface area contributed by atoms with Crippen LogP contribution in [0.3, 0.4) is 0 Å². The van der Waals surface area contributed by atoms with Crippen LogP contribution in [0.5, 0.6) is 5.75 Å². The molecule has 2 aromatic rings. The first-order chi connectivity index (χ1) is 15.5. The number of amides is 1. The van der Waals surface area contributed by atoms with Crippen molar-refractivity contribution in [2.45, 2.75) is 39.2 Å². The molecule has 1 atom stereocenters. The van der Waals surface area contributed by atoms with E-state index in [1.165, 1.54) is 4.90 Å². The lowest BCUT2D eigenvalue weighted by Crippen LogP contribution is -2.35. The molecule has 0 aromatic heterocycles. The second kappa shape index (κ2) is 11.3. The van der Waals surface area contributed by atoms with Gasteiger partial charge in [-0.3, -0.25) is 4.79 Å². The summed E-state index contributed by atoms with van der Waals surface area (Å²) in [5.74, 6) is -0.328. The van der Waals surface area contributed by atoms with Crippen LogP contribution in [0.1, 0.15) is 40.7 Å². The summed E-state index contributed by atoms with van der Waals surface area (Å²) in [5, 5.41) is 8.95. The summed E-state index contributed by atoms with van der Waals surface area (Å²) in [6.07, 6.45) is 2.34. The van der Waals surface area contributed by atoms with Gasteiger partial charge in [-0.25, -0.2) is 4.79 Å². The maximum absolute atomic E-state index is 12.8. The number of carbonyl (C=O) groups is 2. The molecule has 0 spiro atoms. The summed E-state index contributed by atoms with van der Waals surface area (Å²) >= 11 is 0. The molecule has 1 unspecified atom stereocenters. The van der Waals surface area contributed by atoms with Crippen molar-refractivity contribution in [3.63, 3.8) is 0 Å². The number of aryl methyl sites for hydroxylation is 2. The van der Waals surface area contributed by atoms with E-state index in [1.54, 1.807) is 24.3 Å². The maximum atomic E-state index is 12.8. The smallest absolute Gasteiger partial charge is 0.338 e. The number of esters is 1. The molecule has 0 radical (unpaired) electrons. The van der Waals surface area contributed by atoms with Crippen molar-refractivity contribution in [2.75, 3.05) is 31.3 Å². The van der Waals surface area contributed by atoms with Crippen molar-refractivity contribution in [3.8, 4) is 11.8 Å². The summed E-state index contributed by atoms with van der Waals surface area (Å²) < 4.78 is 16.5. The van der Waals surface area contributed by atoms with Gasteiger partial charge in [0.1, 0.15) is 12.4 Å². The quantitative estimate of drug-likeness (QED) is 0.553. The molecule has 7 heteroatoms. The zero-order valence-electron chi connectivity index (χ0n) is 18.5. The number of hydrogen-bond donors (Lipinski definition) is 0. The van der Waals surface area contributed by atoms with Crippen LogP contribution < -0.4 is 9.64 Å². The lowest BCUT2D eigenvalue weighted by atomic mass is 10.1. The molecule has 1 aliphatic heterocycles. The molecule has 1 amide bonds. The van der Waals surface area contributed by atoms with Crippen molar-refractivity contribution in [3.05, 3.63) is 59.2 Å². The van der Waals surface area contributed by atoms with Crippen molar-refractivity contribution in [1.82, 2.24) is 0 Å². The molecule has 0 saturated carbocycles. The Hall–Kier alpha value is -3.37. The second-order valence-corrected chi connectivity index (χ2v) is 7.85. The van der Waals surface area contributed by atoms with Gasteiger partial charge < -0.3 is 19.1 Å². The number of benzene rings is 2. The van der Waals surface area contributed by atoms with Gasteiger partial charge in [0.25, 0.3) is 5.91 Å². The SMILES string of the molecule is Cc1cc(C)cc(N(CCC#N)C(=O)COC(=O)c2ccc(OCC3CCCO3)cc2)c1. The molecule has 168 valence electrons. The standard InChI is InChI=1S/C25H28N2O5/c1-18-13-19(2)15-21(14-18)27(11-4-10-26)24(28)17-32-25(29)20-6-8-22(9-7-20)31-16-23-5-3-12-30-23/h6-9,13-15,23H,3-5,11-12,16-17H2,1-2H3. The predicted molar refractivity (Wildman–Crippen MR) is 120 cm³/mol. The van der Waals surface area contributed by atoms with Crippen LogP contribution in [0, 0.1) is 25.2 Å². The average molecular weight is 437 g/mol. The molecule has 7 nitrogen and oxygen atoms in total. The number of nitrogens with zero attached hydrogens (tertiary/aromatic N) is 2. The van der Waals surface area contributed by atoms with Gasteiger partial charge in [0.2, 0.25) is 0 Å². The summed E-state index contributed by atoms with van der Waals surface area (Å²) in [6.45, 7) is 4.96. The lowest BCUT2D eigenvalue weighted by Gasteiger charge is -2.22. The molecule has 1 saturated heterocycles. The Bertz CT molecular complexity index is 955. The fraction of sp³-hybridized carbons (Fsp3) is 0.400. The summed E-state index contributed by atoms with van der Waals surface area (Å²) in [6, 6.07) is 14.4. The minimum atomic E-state index is -0.593. The Morgan fingerprint density at radius 2 is 1.88 bits per heavy atom. The highest BCUT2D eigenvalue weighted by Crippen LogP contribution is 2.20. The molecule has 1 fully saturated rings. The van der Waals surface area contributed by atoms with Crippen molar-refractivity contribution >= 4 is 17.6 Å². The minimum absolute atomic E-state index is 0.117. The molecular formula is C25H28N2O5. The first kappa shape index (κ1) is 23.3. The fourth-order valence-electron chi connectivity index (χ4n) is 3.61. The van der Waals surface area contributed by atoms with Gasteiger partial charge in [0.15, 0.2) is 6.61 Å². The van der Waals surface area contributed by atoms with E-state index >= 15 is 0 Å². The normalized spacial score (nSPS) is 15.1. The largest absolute Gasteiger partial charge is 0.491 e. The third-order valence-electron chi connectivity index (χ3n) is 5.14. The van der Waals surface area contributed by atoms with E-state index in [9.17, 15) is 9.59 Å². The number of rotatable bonds is 9. The zero-order valence-corrected chi connectivity index (χ0v) is 18.5. The Kier molecular flexibility index (Phi) is 8.23. The molecule has 1 aliphatic rings. The molecule has 1 heterocycles. The molecular weight excluding hydrogens is 408 g/mol. The third kappa shape index (κ3) is 6.56. The Labute approximate surface area is 188 Å². The van der Waals surface area contributed by atoms with Crippen LogP contribution >= 0.6 is 0 Å². The highest BCUT2D eigenvalue weighted by molar-refractivity contribution is 5.97. The van der Waals surface area contributed by atoms with Gasteiger partial charge in [-0.1, -0.05) is 6.07 Å². The van der Waals surface area contributed by atoms with Crippen LogP contribution in [0.15, 0.2) is 42.5 Å². The zero-order chi connectivity index (χ0) is 22.9. The van der Waals surface area contributed by atoms with E-state index in [0.717, 1.165) is 30.6 Å². The summed E-state index contributed by atoms with van der Waals surface area (Å²) in [7, 11) is 0. The average Bonchev–Trinajstić information content (AvgIpc) is 3.30. The monoisotopic (exact) mass is 436 g/mol. The van der Waals surface area contributed by atoms with Crippen LogP contribution in [0.2, 0.25) is 0 Å². The Morgan fingerprint density at radius 1 is 1.16 bits per heavy atom. The molecule has 0 N–H and O–H groups in total. The summed E-state index contributed by atoms with van der Waals surface area (Å²) in [4.78, 5) is 26.7. The molecule has 0 bridgehead atoms. The molecule has 2 aromatic carbocycles. The highest BCUT2D eigenvalue weighted by Gasteiger charge is 2.19. The number of anilines is 1.